The van der Waals surface area contributed by atoms with E-state index in [2.05, 4.69) is 26.1 Å². The van der Waals surface area contributed by atoms with E-state index in [9.17, 15) is 0 Å². The molecule has 1 aromatic carbocycles. The molecule has 82 valence electrons. The first kappa shape index (κ1) is 10.1. The normalized spacial score (nSPS) is 15.1. The van der Waals surface area contributed by atoms with Crippen LogP contribution in [0.3, 0.4) is 0 Å². The molecular weight excluding hydrogens is 188 g/mol. The van der Waals surface area contributed by atoms with Crippen LogP contribution in [0.2, 0.25) is 0 Å². The molecule has 3 heteroatoms. The Hall–Kier alpha value is -1.38. The largest absolute Gasteiger partial charge is 0.489 e. The summed E-state index contributed by atoms with van der Waals surface area (Å²) < 4.78 is 5.72. The summed E-state index contributed by atoms with van der Waals surface area (Å²) in [6.07, 6.45) is 0. The van der Waals surface area contributed by atoms with Gasteiger partial charge in [0.2, 0.25) is 0 Å². The quantitative estimate of drug-likeness (QED) is 0.641. The molecule has 0 radical (unpaired) electrons. The third-order valence-corrected chi connectivity index (χ3v) is 2.58. The lowest BCUT2D eigenvalue weighted by Crippen LogP contribution is -2.22. The molecule has 1 aliphatic rings. The Morgan fingerprint density at radius 1 is 1.33 bits per heavy atom. The van der Waals surface area contributed by atoms with Crippen molar-refractivity contribution >= 4 is 11.4 Å². The maximum atomic E-state index is 5.88. The molecule has 1 heterocycles. The minimum atomic E-state index is 0.0541. The molecule has 0 spiro atoms. The molecule has 3 nitrogen and oxygen atoms in total. The van der Waals surface area contributed by atoms with Gasteiger partial charge in [0, 0.05) is 17.8 Å². The summed E-state index contributed by atoms with van der Waals surface area (Å²) in [7, 11) is 0. The fourth-order valence-electron chi connectivity index (χ4n) is 1.83. The molecule has 0 aliphatic carbocycles. The zero-order chi connectivity index (χ0) is 11.1. The van der Waals surface area contributed by atoms with Gasteiger partial charge in [-0.3, -0.25) is 0 Å². The molecule has 15 heavy (non-hydrogen) atoms. The second-order valence-corrected chi connectivity index (χ2v) is 4.97. The topological polar surface area (TPSA) is 47.3 Å². The van der Waals surface area contributed by atoms with Crippen LogP contribution in [0, 0.1) is 0 Å². The zero-order valence-corrected chi connectivity index (χ0v) is 9.55. The predicted octanol–water partition coefficient (Wildman–Crippen LogP) is 2.37. The van der Waals surface area contributed by atoms with Crippen molar-refractivity contribution in [2.75, 3.05) is 24.2 Å². The number of hydrogen-bond donors (Lipinski definition) is 2. The lowest BCUT2D eigenvalue weighted by molar-refractivity contribution is 0.314. The first-order valence-electron chi connectivity index (χ1n) is 5.29. The highest BCUT2D eigenvalue weighted by atomic mass is 16.5. The van der Waals surface area contributed by atoms with Crippen molar-refractivity contribution in [2.24, 2.45) is 0 Å². The van der Waals surface area contributed by atoms with Gasteiger partial charge in [0.15, 0.2) is 0 Å². The fraction of sp³-hybridized carbons (Fsp3) is 0.500. The third kappa shape index (κ3) is 1.87. The van der Waals surface area contributed by atoms with Crippen LogP contribution in [0.4, 0.5) is 11.4 Å². The van der Waals surface area contributed by atoms with Gasteiger partial charge in [-0.1, -0.05) is 20.8 Å². The van der Waals surface area contributed by atoms with Gasteiger partial charge in [0.25, 0.3) is 0 Å². The van der Waals surface area contributed by atoms with Crippen molar-refractivity contribution in [3.8, 4) is 5.75 Å². The Kier molecular flexibility index (Phi) is 2.25. The number of fused-ring (bicyclic) bond motifs is 1. The predicted molar refractivity (Wildman–Crippen MR) is 63.5 cm³/mol. The van der Waals surface area contributed by atoms with Gasteiger partial charge in [-0.2, -0.15) is 0 Å². The first-order valence-corrected chi connectivity index (χ1v) is 5.29. The molecule has 0 bridgehead atoms. The van der Waals surface area contributed by atoms with Crippen molar-refractivity contribution in [1.29, 1.82) is 0 Å². The molecule has 1 aliphatic heterocycles. The van der Waals surface area contributed by atoms with E-state index in [1.807, 2.05) is 12.1 Å². The van der Waals surface area contributed by atoms with Gasteiger partial charge in [-0.15, -0.1) is 0 Å². The standard InChI is InChI=1S/C12H18N2O/c1-12(2,3)9-6-8(13)7-10-11(9)15-5-4-14-10/h6-7,14H,4-5,13H2,1-3H3. The van der Waals surface area contributed by atoms with Crippen molar-refractivity contribution in [2.45, 2.75) is 26.2 Å². The average Bonchev–Trinajstić information content (AvgIpc) is 2.15. The molecular formula is C12H18N2O. The Morgan fingerprint density at radius 3 is 2.73 bits per heavy atom. The third-order valence-electron chi connectivity index (χ3n) is 2.58. The van der Waals surface area contributed by atoms with Crippen LogP contribution in [-0.4, -0.2) is 13.2 Å². The van der Waals surface area contributed by atoms with Crippen LogP contribution in [0.15, 0.2) is 12.1 Å². The van der Waals surface area contributed by atoms with Gasteiger partial charge in [0.1, 0.15) is 12.4 Å². The molecule has 0 atom stereocenters. The maximum absolute atomic E-state index is 5.88. The Balaban J connectivity index is 2.58. The molecule has 0 amide bonds. The van der Waals surface area contributed by atoms with Crippen LogP contribution >= 0.6 is 0 Å². The minimum absolute atomic E-state index is 0.0541. The Morgan fingerprint density at radius 2 is 2.07 bits per heavy atom. The number of nitrogen functional groups attached to an aromatic ring is 1. The van der Waals surface area contributed by atoms with E-state index in [4.69, 9.17) is 10.5 Å². The van der Waals surface area contributed by atoms with E-state index in [1.165, 1.54) is 5.56 Å². The van der Waals surface area contributed by atoms with Gasteiger partial charge in [-0.05, 0) is 17.5 Å². The number of nitrogens with one attached hydrogen (secondary N) is 1. The average molecular weight is 206 g/mol. The molecule has 1 aromatic rings. The van der Waals surface area contributed by atoms with Crippen LogP contribution in [0.1, 0.15) is 26.3 Å². The summed E-state index contributed by atoms with van der Waals surface area (Å²) in [6, 6.07) is 3.94. The van der Waals surface area contributed by atoms with Crippen LogP contribution in [0.5, 0.6) is 5.75 Å². The van der Waals surface area contributed by atoms with E-state index < -0.39 is 0 Å². The SMILES string of the molecule is CC(C)(C)c1cc(N)cc2c1OCCN2. The minimum Gasteiger partial charge on any atom is -0.489 e. The zero-order valence-electron chi connectivity index (χ0n) is 9.55. The van der Waals surface area contributed by atoms with E-state index in [1.54, 1.807) is 0 Å². The van der Waals surface area contributed by atoms with E-state index in [0.717, 1.165) is 30.3 Å². The lowest BCUT2D eigenvalue weighted by Gasteiger charge is -2.28. The van der Waals surface area contributed by atoms with Gasteiger partial charge >= 0.3 is 0 Å². The second-order valence-electron chi connectivity index (χ2n) is 4.97. The number of benzene rings is 1. The highest BCUT2D eigenvalue weighted by Gasteiger charge is 2.23. The van der Waals surface area contributed by atoms with Crippen LogP contribution in [-0.2, 0) is 5.41 Å². The summed E-state index contributed by atoms with van der Waals surface area (Å²) in [5.41, 5.74) is 8.92. The van der Waals surface area contributed by atoms with Crippen molar-refractivity contribution in [1.82, 2.24) is 0 Å². The number of nitrogens with two attached hydrogens (primary N) is 1. The van der Waals surface area contributed by atoms with E-state index in [-0.39, 0.29) is 5.41 Å². The van der Waals surface area contributed by atoms with Gasteiger partial charge in [-0.25, -0.2) is 0 Å². The fourth-order valence-corrected chi connectivity index (χ4v) is 1.83. The summed E-state index contributed by atoms with van der Waals surface area (Å²) >= 11 is 0. The van der Waals surface area contributed by atoms with Crippen LogP contribution in [0.25, 0.3) is 0 Å². The Bertz CT molecular complexity index is 380. The number of hydrogen-bond acceptors (Lipinski definition) is 3. The highest BCUT2D eigenvalue weighted by molar-refractivity contribution is 5.69. The van der Waals surface area contributed by atoms with Gasteiger partial charge in [0.05, 0.1) is 5.69 Å². The summed E-state index contributed by atoms with van der Waals surface area (Å²) in [5, 5.41) is 3.31. The second kappa shape index (κ2) is 3.33. The first-order chi connectivity index (χ1) is 6.98. The molecule has 2 rings (SSSR count). The van der Waals surface area contributed by atoms with Crippen molar-refractivity contribution in [3.05, 3.63) is 17.7 Å². The summed E-state index contributed by atoms with van der Waals surface area (Å²) in [6.45, 7) is 8.07. The molecule has 0 saturated carbocycles. The number of rotatable bonds is 0. The molecule has 0 aromatic heterocycles. The smallest absolute Gasteiger partial charge is 0.146 e. The number of ether oxygens (including phenoxy) is 1. The highest BCUT2D eigenvalue weighted by Crippen LogP contribution is 2.40. The summed E-state index contributed by atoms with van der Waals surface area (Å²) in [5.74, 6) is 0.961. The molecule has 0 saturated heterocycles. The van der Waals surface area contributed by atoms with Gasteiger partial charge < -0.3 is 15.8 Å². The maximum Gasteiger partial charge on any atom is 0.146 e. The van der Waals surface area contributed by atoms with E-state index >= 15 is 0 Å². The van der Waals surface area contributed by atoms with Crippen LogP contribution < -0.4 is 15.8 Å². The van der Waals surface area contributed by atoms with E-state index in [0.29, 0.717) is 0 Å². The van der Waals surface area contributed by atoms with Crippen molar-refractivity contribution < 1.29 is 4.74 Å². The Labute approximate surface area is 90.6 Å². The van der Waals surface area contributed by atoms with Crippen molar-refractivity contribution in [3.63, 3.8) is 0 Å². The molecule has 3 N–H and O–H groups in total. The monoisotopic (exact) mass is 206 g/mol. The lowest BCUT2D eigenvalue weighted by atomic mass is 9.85. The molecule has 0 fully saturated rings. The number of anilines is 2. The summed E-state index contributed by atoms with van der Waals surface area (Å²) in [4.78, 5) is 0. The molecule has 0 unspecified atom stereocenters.